The Balaban J connectivity index is 2.21. The molecule has 0 spiro atoms. The standard InChI is InChI=1S/C19H24O3/c1-13-6-4-5-7-18(13)19-14(2)10-17(11-15(19)3)22-9-8-16(21)12-20/h4-7,10-11,16,20-21H,8-9,12H2,1-3H3/t16-/m0/s1. The van der Waals surface area contributed by atoms with Crippen molar-refractivity contribution in [2.75, 3.05) is 13.2 Å². The normalized spacial score (nSPS) is 12.2. The van der Waals surface area contributed by atoms with Crippen LogP contribution < -0.4 is 4.74 Å². The minimum atomic E-state index is -0.714. The average molecular weight is 300 g/mol. The molecule has 2 rings (SSSR count). The highest BCUT2D eigenvalue weighted by Gasteiger charge is 2.10. The number of aliphatic hydroxyl groups is 2. The zero-order valence-corrected chi connectivity index (χ0v) is 13.5. The van der Waals surface area contributed by atoms with Gasteiger partial charge in [0.05, 0.1) is 19.3 Å². The van der Waals surface area contributed by atoms with E-state index in [1.54, 1.807) is 0 Å². The van der Waals surface area contributed by atoms with Gasteiger partial charge in [-0.1, -0.05) is 24.3 Å². The third-order valence-corrected chi connectivity index (χ3v) is 3.85. The second kappa shape index (κ2) is 7.43. The van der Waals surface area contributed by atoms with Crippen LogP contribution in [0.3, 0.4) is 0 Å². The first-order chi connectivity index (χ1) is 10.5. The molecule has 0 bridgehead atoms. The summed E-state index contributed by atoms with van der Waals surface area (Å²) in [6.45, 7) is 6.46. The van der Waals surface area contributed by atoms with Crippen molar-refractivity contribution in [3.63, 3.8) is 0 Å². The molecule has 0 aliphatic carbocycles. The zero-order valence-electron chi connectivity index (χ0n) is 13.5. The second-order valence-corrected chi connectivity index (χ2v) is 5.72. The Bertz CT molecular complexity index is 611. The van der Waals surface area contributed by atoms with E-state index < -0.39 is 6.10 Å². The third-order valence-electron chi connectivity index (χ3n) is 3.85. The number of benzene rings is 2. The van der Waals surface area contributed by atoms with Crippen LogP contribution in [-0.2, 0) is 0 Å². The van der Waals surface area contributed by atoms with Gasteiger partial charge in [-0.2, -0.15) is 0 Å². The number of aliphatic hydroxyl groups excluding tert-OH is 2. The molecule has 0 aromatic heterocycles. The molecule has 0 amide bonds. The monoisotopic (exact) mass is 300 g/mol. The van der Waals surface area contributed by atoms with Crippen LogP contribution in [0.2, 0.25) is 0 Å². The molecule has 2 N–H and O–H groups in total. The summed E-state index contributed by atoms with van der Waals surface area (Å²) in [5, 5.41) is 18.1. The SMILES string of the molecule is Cc1ccccc1-c1c(C)cc(OCC[C@H](O)CO)cc1C. The molecule has 2 aromatic rings. The number of hydrogen-bond donors (Lipinski definition) is 2. The quantitative estimate of drug-likeness (QED) is 0.859. The van der Waals surface area contributed by atoms with Gasteiger partial charge in [-0.15, -0.1) is 0 Å². The van der Waals surface area contributed by atoms with E-state index in [0.717, 1.165) is 5.75 Å². The average Bonchev–Trinajstić information content (AvgIpc) is 2.48. The van der Waals surface area contributed by atoms with E-state index in [0.29, 0.717) is 13.0 Å². The van der Waals surface area contributed by atoms with Crippen molar-refractivity contribution < 1.29 is 14.9 Å². The smallest absolute Gasteiger partial charge is 0.119 e. The summed E-state index contributed by atoms with van der Waals surface area (Å²) in [6, 6.07) is 12.4. The molecule has 3 nitrogen and oxygen atoms in total. The van der Waals surface area contributed by atoms with E-state index in [4.69, 9.17) is 9.84 Å². The Morgan fingerprint density at radius 2 is 1.64 bits per heavy atom. The molecule has 3 heteroatoms. The fourth-order valence-electron chi connectivity index (χ4n) is 2.69. The summed E-state index contributed by atoms with van der Waals surface area (Å²) in [7, 11) is 0. The lowest BCUT2D eigenvalue weighted by Gasteiger charge is -2.16. The Morgan fingerprint density at radius 1 is 1.00 bits per heavy atom. The van der Waals surface area contributed by atoms with Gasteiger partial charge >= 0.3 is 0 Å². The molecular weight excluding hydrogens is 276 g/mol. The summed E-state index contributed by atoms with van der Waals surface area (Å²) in [6.07, 6.45) is -0.290. The van der Waals surface area contributed by atoms with Crippen molar-refractivity contribution in [2.45, 2.75) is 33.3 Å². The van der Waals surface area contributed by atoms with Gasteiger partial charge in [-0.05, 0) is 60.7 Å². The van der Waals surface area contributed by atoms with Crippen LogP contribution in [0.4, 0.5) is 0 Å². The number of rotatable bonds is 6. The molecule has 0 saturated carbocycles. The summed E-state index contributed by atoms with van der Waals surface area (Å²) >= 11 is 0. The Hall–Kier alpha value is -1.84. The van der Waals surface area contributed by atoms with Crippen LogP contribution >= 0.6 is 0 Å². The molecule has 1 atom stereocenters. The van der Waals surface area contributed by atoms with Crippen LogP contribution in [0.1, 0.15) is 23.1 Å². The van der Waals surface area contributed by atoms with E-state index in [9.17, 15) is 5.11 Å². The molecule has 0 unspecified atom stereocenters. The van der Waals surface area contributed by atoms with Gasteiger partial charge in [0, 0.05) is 6.42 Å². The van der Waals surface area contributed by atoms with Gasteiger partial charge in [0.25, 0.3) is 0 Å². The topological polar surface area (TPSA) is 49.7 Å². The zero-order chi connectivity index (χ0) is 16.1. The first kappa shape index (κ1) is 16.5. The van der Waals surface area contributed by atoms with Gasteiger partial charge in [0.1, 0.15) is 5.75 Å². The number of ether oxygens (including phenoxy) is 1. The molecule has 0 aliphatic heterocycles. The maximum absolute atomic E-state index is 9.34. The molecule has 0 radical (unpaired) electrons. The van der Waals surface area contributed by atoms with E-state index in [1.165, 1.54) is 27.8 Å². The van der Waals surface area contributed by atoms with Gasteiger partial charge < -0.3 is 14.9 Å². The van der Waals surface area contributed by atoms with Crippen LogP contribution in [-0.4, -0.2) is 29.5 Å². The predicted octanol–water partition coefficient (Wildman–Crippen LogP) is 3.40. The minimum Gasteiger partial charge on any atom is -0.493 e. The van der Waals surface area contributed by atoms with Crippen molar-refractivity contribution in [1.82, 2.24) is 0 Å². The summed E-state index contributed by atoms with van der Waals surface area (Å²) in [4.78, 5) is 0. The molecule has 22 heavy (non-hydrogen) atoms. The highest BCUT2D eigenvalue weighted by molar-refractivity contribution is 5.74. The highest BCUT2D eigenvalue weighted by Crippen LogP contribution is 2.32. The molecule has 0 saturated heterocycles. The second-order valence-electron chi connectivity index (χ2n) is 5.72. The summed E-state index contributed by atoms with van der Waals surface area (Å²) in [5.74, 6) is 0.803. The van der Waals surface area contributed by atoms with E-state index in [-0.39, 0.29) is 6.61 Å². The van der Waals surface area contributed by atoms with E-state index in [1.807, 2.05) is 18.2 Å². The number of hydrogen-bond acceptors (Lipinski definition) is 3. The third kappa shape index (κ3) is 3.87. The van der Waals surface area contributed by atoms with Crippen LogP contribution in [0.15, 0.2) is 36.4 Å². The largest absolute Gasteiger partial charge is 0.493 e. The van der Waals surface area contributed by atoms with Crippen molar-refractivity contribution >= 4 is 0 Å². The molecule has 118 valence electrons. The molecule has 0 heterocycles. The lowest BCUT2D eigenvalue weighted by Crippen LogP contribution is -2.15. The lowest BCUT2D eigenvalue weighted by atomic mass is 9.92. The molecular formula is C19H24O3. The first-order valence-corrected chi connectivity index (χ1v) is 7.62. The fourth-order valence-corrected chi connectivity index (χ4v) is 2.69. The van der Waals surface area contributed by atoms with Crippen molar-refractivity contribution in [3.05, 3.63) is 53.1 Å². The molecule has 0 fully saturated rings. The molecule has 2 aromatic carbocycles. The Labute approximate surface area is 132 Å². The Kier molecular flexibility index (Phi) is 5.58. The van der Waals surface area contributed by atoms with Gasteiger partial charge in [0.15, 0.2) is 0 Å². The first-order valence-electron chi connectivity index (χ1n) is 7.62. The summed E-state index contributed by atoms with van der Waals surface area (Å²) in [5.41, 5.74) is 6.10. The van der Waals surface area contributed by atoms with E-state index in [2.05, 4.69) is 39.0 Å². The van der Waals surface area contributed by atoms with Crippen LogP contribution in [0, 0.1) is 20.8 Å². The summed E-state index contributed by atoms with van der Waals surface area (Å²) < 4.78 is 5.69. The van der Waals surface area contributed by atoms with Crippen LogP contribution in [0.25, 0.3) is 11.1 Å². The van der Waals surface area contributed by atoms with Crippen molar-refractivity contribution in [1.29, 1.82) is 0 Å². The van der Waals surface area contributed by atoms with Crippen molar-refractivity contribution in [2.24, 2.45) is 0 Å². The van der Waals surface area contributed by atoms with Gasteiger partial charge in [0.2, 0.25) is 0 Å². The Morgan fingerprint density at radius 3 is 2.23 bits per heavy atom. The van der Waals surface area contributed by atoms with Crippen LogP contribution in [0.5, 0.6) is 5.75 Å². The fraction of sp³-hybridized carbons (Fsp3) is 0.368. The van der Waals surface area contributed by atoms with E-state index >= 15 is 0 Å². The highest BCUT2D eigenvalue weighted by atomic mass is 16.5. The number of aryl methyl sites for hydroxylation is 3. The predicted molar refractivity (Wildman–Crippen MR) is 89.3 cm³/mol. The maximum atomic E-state index is 9.34. The maximum Gasteiger partial charge on any atom is 0.119 e. The van der Waals surface area contributed by atoms with Gasteiger partial charge in [-0.25, -0.2) is 0 Å². The lowest BCUT2D eigenvalue weighted by molar-refractivity contribution is 0.0754. The molecule has 0 aliphatic rings. The van der Waals surface area contributed by atoms with Gasteiger partial charge in [-0.3, -0.25) is 0 Å². The van der Waals surface area contributed by atoms with Crippen molar-refractivity contribution in [3.8, 4) is 16.9 Å². The minimum absolute atomic E-state index is 0.229.